The molecule has 1 heterocycles. The number of amides is 1. The Bertz CT molecular complexity index is 857. The number of carbonyl (C=O) groups is 1. The van der Waals surface area contributed by atoms with Crippen LogP contribution in [0.1, 0.15) is 40.2 Å². The van der Waals surface area contributed by atoms with Gasteiger partial charge in [-0.3, -0.25) is 0 Å². The van der Waals surface area contributed by atoms with Gasteiger partial charge in [0.05, 0.1) is 11.6 Å². The zero-order valence-electron chi connectivity index (χ0n) is 19.2. The van der Waals surface area contributed by atoms with Crippen molar-refractivity contribution in [2.24, 2.45) is 0 Å². The molecule has 1 fully saturated rings. The van der Waals surface area contributed by atoms with Crippen LogP contribution in [0.2, 0.25) is 0 Å². The fourth-order valence-electron chi connectivity index (χ4n) is 3.60. The summed E-state index contributed by atoms with van der Waals surface area (Å²) < 4.78 is 5.62. The third-order valence-corrected chi connectivity index (χ3v) is 6.38. The molecule has 0 radical (unpaired) electrons. The second-order valence-corrected chi connectivity index (χ2v) is 10.6. The molecule has 0 aromatic heterocycles. The van der Waals surface area contributed by atoms with Crippen LogP contribution < -0.4 is 4.90 Å². The quantitative estimate of drug-likeness (QED) is 0.651. The number of nitrogens with zero attached hydrogens (tertiary/aromatic N) is 2. The van der Waals surface area contributed by atoms with E-state index in [1.807, 2.05) is 56.0 Å². The number of piperazine rings is 1. The number of hydrogen-bond donors (Lipinski definition) is 1. The standard InChI is InChI=1S/C25H34N2O3S/c1-24(2,3)30-23(28)26-15-16-27(20-13-11-19(12-14-20)25(4,5)29)21(17-26)18-31-22-9-7-6-8-10-22/h6-14,21,29H,15-18H2,1-5H3/t21-/m1/s1. The van der Waals surface area contributed by atoms with Crippen molar-refractivity contribution in [3.05, 3.63) is 60.2 Å². The Labute approximate surface area is 190 Å². The molecular formula is C25H34N2O3S. The smallest absolute Gasteiger partial charge is 0.410 e. The van der Waals surface area contributed by atoms with Crippen molar-refractivity contribution >= 4 is 23.5 Å². The van der Waals surface area contributed by atoms with E-state index in [1.165, 1.54) is 4.90 Å². The number of rotatable bonds is 5. The summed E-state index contributed by atoms with van der Waals surface area (Å²) in [6.45, 7) is 11.2. The number of thioether (sulfide) groups is 1. The SMILES string of the molecule is CC(C)(C)OC(=O)N1CCN(c2ccc(C(C)(C)O)cc2)[C@@H](CSc2ccccc2)C1. The Balaban J connectivity index is 1.77. The summed E-state index contributed by atoms with van der Waals surface area (Å²) in [7, 11) is 0. The maximum Gasteiger partial charge on any atom is 0.410 e. The van der Waals surface area contributed by atoms with Crippen molar-refractivity contribution in [2.75, 3.05) is 30.3 Å². The highest BCUT2D eigenvalue weighted by Crippen LogP contribution is 2.29. The van der Waals surface area contributed by atoms with E-state index in [0.717, 1.165) is 23.5 Å². The van der Waals surface area contributed by atoms with Gasteiger partial charge in [-0.15, -0.1) is 11.8 Å². The van der Waals surface area contributed by atoms with Gasteiger partial charge in [-0.25, -0.2) is 4.79 Å². The van der Waals surface area contributed by atoms with Gasteiger partial charge in [0.2, 0.25) is 0 Å². The Kier molecular flexibility index (Phi) is 7.22. The third-order valence-electron chi connectivity index (χ3n) is 5.23. The van der Waals surface area contributed by atoms with Crippen molar-refractivity contribution in [1.82, 2.24) is 4.90 Å². The molecule has 5 nitrogen and oxygen atoms in total. The summed E-state index contributed by atoms with van der Waals surface area (Å²) in [5.74, 6) is 0.858. The van der Waals surface area contributed by atoms with Gasteiger partial charge in [-0.05, 0) is 64.4 Å². The van der Waals surface area contributed by atoms with Crippen LogP contribution in [0.15, 0.2) is 59.5 Å². The van der Waals surface area contributed by atoms with Crippen molar-refractivity contribution < 1.29 is 14.6 Å². The van der Waals surface area contributed by atoms with E-state index in [1.54, 1.807) is 25.6 Å². The second kappa shape index (κ2) is 9.53. The zero-order chi connectivity index (χ0) is 22.6. The Morgan fingerprint density at radius 3 is 2.26 bits per heavy atom. The fourth-order valence-corrected chi connectivity index (χ4v) is 4.62. The molecule has 31 heavy (non-hydrogen) atoms. The van der Waals surface area contributed by atoms with Crippen molar-refractivity contribution in [3.63, 3.8) is 0 Å². The molecule has 3 rings (SSSR count). The number of benzene rings is 2. The molecule has 0 bridgehead atoms. The summed E-state index contributed by atoms with van der Waals surface area (Å²) >= 11 is 1.80. The molecule has 1 N–H and O–H groups in total. The molecule has 1 aliphatic heterocycles. The molecule has 0 unspecified atom stereocenters. The first kappa shape index (κ1) is 23.5. The Hall–Kier alpha value is -2.18. The molecule has 0 saturated carbocycles. The second-order valence-electron chi connectivity index (χ2n) is 9.50. The van der Waals surface area contributed by atoms with Gasteiger partial charge in [0.15, 0.2) is 0 Å². The summed E-state index contributed by atoms with van der Waals surface area (Å²) in [6.07, 6.45) is -0.251. The lowest BCUT2D eigenvalue weighted by Crippen LogP contribution is -2.56. The summed E-state index contributed by atoms with van der Waals surface area (Å²) in [5.41, 5.74) is 0.626. The summed E-state index contributed by atoms with van der Waals surface area (Å²) in [4.78, 5) is 18.1. The van der Waals surface area contributed by atoms with Crippen LogP contribution in [-0.4, -0.2) is 53.1 Å². The molecule has 2 aromatic carbocycles. The lowest BCUT2D eigenvalue weighted by atomic mass is 9.98. The van der Waals surface area contributed by atoms with Gasteiger partial charge in [0.25, 0.3) is 0 Å². The number of hydrogen-bond acceptors (Lipinski definition) is 5. The van der Waals surface area contributed by atoms with Gasteiger partial charge in [0.1, 0.15) is 5.60 Å². The van der Waals surface area contributed by atoms with Crippen LogP contribution in [-0.2, 0) is 10.3 Å². The lowest BCUT2D eigenvalue weighted by molar-refractivity contribution is 0.0220. The number of anilines is 1. The normalized spacial score (nSPS) is 17.5. The van der Waals surface area contributed by atoms with Crippen LogP contribution in [0.3, 0.4) is 0 Å². The van der Waals surface area contributed by atoms with Gasteiger partial charge in [-0.1, -0.05) is 30.3 Å². The monoisotopic (exact) mass is 442 g/mol. The van der Waals surface area contributed by atoms with Crippen LogP contribution >= 0.6 is 11.8 Å². The highest BCUT2D eigenvalue weighted by Gasteiger charge is 2.32. The minimum absolute atomic E-state index is 0.152. The maximum atomic E-state index is 12.7. The molecule has 1 atom stereocenters. The predicted octanol–water partition coefficient (Wildman–Crippen LogP) is 5.13. The predicted molar refractivity (Wildman–Crippen MR) is 128 cm³/mol. The first-order valence-corrected chi connectivity index (χ1v) is 11.8. The molecule has 1 saturated heterocycles. The van der Waals surface area contributed by atoms with E-state index in [2.05, 4.69) is 29.2 Å². The van der Waals surface area contributed by atoms with Gasteiger partial charge in [0, 0.05) is 36.0 Å². The Morgan fingerprint density at radius 1 is 1.03 bits per heavy atom. The van der Waals surface area contributed by atoms with E-state index >= 15 is 0 Å². The topological polar surface area (TPSA) is 53.0 Å². The third kappa shape index (κ3) is 6.65. The van der Waals surface area contributed by atoms with Crippen LogP contribution in [0.25, 0.3) is 0 Å². The number of ether oxygens (including phenoxy) is 1. The van der Waals surface area contributed by atoms with E-state index in [0.29, 0.717) is 13.1 Å². The van der Waals surface area contributed by atoms with Crippen molar-refractivity contribution in [1.29, 1.82) is 0 Å². The van der Waals surface area contributed by atoms with Gasteiger partial charge < -0.3 is 19.6 Å². The van der Waals surface area contributed by atoms with E-state index in [4.69, 9.17) is 4.74 Å². The molecule has 0 aliphatic carbocycles. The molecule has 0 spiro atoms. The van der Waals surface area contributed by atoms with E-state index < -0.39 is 11.2 Å². The largest absolute Gasteiger partial charge is 0.444 e. The molecular weight excluding hydrogens is 408 g/mol. The highest BCUT2D eigenvalue weighted by molar-refractivity contribution is 7.99. The minimum Gasteiger partial charge on any atom is -0.444 e. The summed E-state index contributed by atoms with van der Waals surface area (Å²) in [5, 5.41) is 10.3. The first-order chi connectivity index (χ1) is 14.5. The molecule has 168 valence electrons. The van der Waals surface area contributed by atoms with Crippen LogP contribution in [0.5, 0.6) is 0 Å². The first-order valence-electron chi connectivity index (χ1n) is 10.8. The molecule has 1 aliphatic rings. The van der Waals surface area contributed by atoms with Crippen molar-refractivity contribution in [3.8, 4) is 0 Å². The van der Waals surface area contributed by atoms with E-state index in [-0.39, 0.29) is 12.1 Å². The van der Waals surface area contributed by atoms with Crippen LogP contribution in [0.4, 0.5) is 10.5 Å². The molecule has 2 aromatic rings. The van der Waals surface area contributed by atoms with E-state index in [9.17, 15) is 9.90 Å². The van der Waals surface area contributed by atoms with Crippen molar-refractivity contribution in [2.45, 2.75) is 56.8 Å². The maximum absolute atomic E-state index is 12.7. The number of aliphatic hydroxyl groups is 1. The number of carbonyl (C=O) groups excluding carboxylic acids is 1. The average Bonchev–Trinajstić information content (AvgIpc) is 2.71. The van der Waals surface area contributed by atoms with Gasteiger partial charge in [-0.2, -0.15) is 0 Å². The lowest BCUT2D eigenvalue weighted by Gasteiger charge is -2.43. The average molecular weight is 443 g/mol. The fraction of sp³-hybridized carbons (Fsp3) is 0.480. The highest BCUT2D eigenvalue weighted by atomic mass is 32.2. The zero-order valence-corrected chi connectivity index (χ0v) is 20.0. The molecule has 1 amide bonds. The van der Waals surface area contributed by atoms with Crippen LogP contribution in [0, 0.1) is 0 Å². The minimum atomic E-state index is -0.865. The van der Waals surface area contributed by atoms with Gasteiger partial charge >= 0.3 is 6.09 Å². The Morgan fingerprint density at radius 2 is 1.68 bits per heavy atom. The molecule has 6 heteroatoms. The summed E-state index contributed by atoms with van der Waals surface area (Å²) in [6, 6.07) is 18.6.